The largest absolute Gasteiger partial charge is 0.497 e. The Morgan fingerprint density at radius 2 is 1.78 bits per heavy atom. The summed E-state index contributed by atoms with van der Waals surface area (Å²) in [5.41, 5.74) is 0.637. The number of likely N-dealkylation sites (tertiary alicyclic amines) is 1. The summed E-state index contributed by atoms with van der Waals surface area (Å²) in [6.45, 7) is 1.63. The molecular formula is C21H24BrNO4. The number of hydrogen-bond donors (Lipinski definition) is 1. The molecule has 1 saturated heterocycles. The summed E-state index contributed by atoms with van der Waals surface area (Å²) in [6, 6.07) is 13.0. The normalized spacial score (nSPS) is 16.7. The van der Waals surface area contributed by atoms with Gasteiger partial charge in [0.05, 0.1) is 31.9 Å². The van der Waals surface area contributed by atoms with E-state index in [0.717, 1.165) is 10.0 Å². The van der Waals surface area contributed by atoms with Gasteiger partial charge in [0, 0.05) is 23.6 Å². The van der Waals surface area contributed by atoms with Gasteiger partial charge >= 0.3 is 0 Å². The maximum absolute atomic E-state index is 12.7. The lowest BCUT2D eigenvalue weighted by Crippen LogP contribution is -2.44. The van der Waals surface area contributed by atoms with Gasteiger partial charge in [0.2, 0.25) is 0 Å². The van der Waals surface area contributed by atoms with E-state index in [1.54, 1.807) is 32.4 Å². The number of carbonyl (C=O) groups excluding carboxylic acids is 1. The topological polar surface area (TPSA) is 59.0 Å². The zero-order valence-corrected chi connectivity index (χ0v) is 17.2. The fraction of sp³-hybridized carbons (Fsp3) is 0.381. The summed E-state index contributed by atoms with van der Waals surface area (Å²) >= 11 is 3.42. The molecule has 0 atom stereocenters. The lowest BCUT2D eigenvalue weighted by Gasteiger charge is -2.38. The molecule has 0 bridgehead atoms. The molecule has 3 rings (SSSR count). The van der Waals surface area contributed by atoms with Crippen molar-refractivity contribution in [3.8, 4) is 11.5 Å². The van der Waals surface area contributed by atoms with E-state index < -0.39 is 5.60 Å². The fourth-order valence-corrected chi connectivity index (χ4v) is 3.71. The van der Waals surface area contributed by atoms with E-state index in [9.17, 15) is 9.90 Å². The SMILES string of the molecule is COc1ccc(C(=O)CN2CCC(O)(c3ccc(Br)cc3)CC2)c(OC)c1. The molecule has 144 valence electrons. The number of methoxy groups -OCH3 is 2. The Balaban J connectivity index is 1.63. The van der Waals surface area contributed by atoms with Gasteiger partial charge in [-0.1, -0.05) is 28.1 Å². The second kappa shape index (κ2) is 8.42. The Labute approximate surface area is 168 Å². The molecule has 1 fully saturated rings. The van der Waals surface area contributed by atoms with E-state index in [2.05, 4.69) is 20.8 Å². The average Bonchev–Trinajstić information content (AvgIpc) is 2.69. The smallest absolute Gasteiger partial charge is 0.180 e. The van der Waals surface area contributed by atoms with Gasteiger partial charge in [-0.2, -0.15) is 0 Å². The van der Waals surface area contributed by atoms with Crippen molar-refractivity contribution in [2.24, 2.45) is 0 Å². The Hall–Kier alpha value is -1.89. The standard InChI is InChI=1S/C21H24BrNO4/c1-26-17-7-8-18(20(13-17)27-2)19(24)14-23-11-9-21(25,10-12-23)15-3-5-16(22)6-4-15/h3-8,13,25H,9-12,14H2,1-2H3. The third kappa shape index (κ3) is 4.51. The predicted octanol–water partition coefficient (Wildman–Crippen LogP) is 3.63. The Kier molecular flexibility index (Phi) is 6.19. The van der Waals surface area contributed by atoms with E-state index in [0.29, 0.717) is 49.5 Å². The Bertz CT molecular complexity index is 798. The van der Waals surface area contributed by atoms with E-state index >= 15 is 0 Å². The number of ketones is 1. The van der Waals surface area contributed by atoms with Crippen LogP contribution in [0.3, 0.4) is 0 Å². The van der Waals surface area contributed by atoms with Gasteiger partial charge < -0.3 is 14.6 Å². The van der Waals surface area contributed by atoms with Gasteiger partial charge in [-0.3, -0.25) is 9.69 Å². The first-order chi connectivity index (χ1) is 12.9. The molecule has 2 aromatic rings. The average molecular weight is 434 g/mol. The van der Waals surface area contributed by atoms with Gasteiger partial charge in [0.15, 0.2) is 5.78 Å². The van der Waals surface area contributed by atoms with Gasteiger partial charge in [-0.05, 0) is 42.7 Å². The molecule has 0 aromatic heterocycles. The molecule has 1 heterocycles. The van der Waals surface area contributed by atoms with Crippen LogP contribution in [0.4, 0.5) is 0 Å². The second-order valence-corrected chi connectivity index (χ2v) is 7.72. The van der Waals surface area contributed by atoms with Crippen LogP contribution in [-0.4, -0.2) is 49.6 Å². The number of aliphatic hydroxyl groups is 1. The van der Waals surface area contributed by atoms with Crippen LogP contribution < -0.4 is 9.47 Å². The molecule has 0 radical (unpaired) electrons. The molecule has 27 heavy (non-hydrogen) atoms. The number of piperidine rings is 1. The highest BCUT2D eigenvalue weighted by Crippen LogP contribution is 2.33. The van der Waals surface area contributed by atoms with Crippen LogP contribution in [0.5, 0.6) is 11.5 Å². The van der Waals surface area contributed by atoms with Crippen LogP contribution in [-0.2, 0) is 5.60 Å². The highest BCUT2D eigenvalue weighted by Gasteiger charge is 2.34. The summed E-state index contributed by atoms with van der Waals surface area (Å²) in [7, 11) is 3.13. The van der Waals surface area contributed by atoms with Crippen LogP contribution >= 0.6 is 15.9 Å². The number of carbonyl (C=O) groups is 1. The fourth-order valence-electron chi connectivity index (χ4n) is 3.45. The lowest BCUT2D eigenvalue weighted by atomic mass is 9.84. The number of Topliss-reactive ketones (excluding diaryl/α,β-unsaturated/α-hetero) is 1. The van der Waals surface area contributed by atoms with Crippen molar-refractivity contribution >= 4 is 21.7 Å². The molecule has 0 spiro atoms. The van der Waals surface area contributed by atoms with E-state index in [4.69, 9.17) is 9.47 Å². The first-order valence-electron chi connectivity index (χ1n) is 8.91. The van der Waals surface area contributed by atoms with Crippen molar-refractivity contribution in [3.63, 3.8) is 0 Å². The molecule has 0 amide bonds. The van der Waals surface area contributed by atoms with Crippen molar-refractivity contribution in [2.75, 3.05) is 33.9 Å². The van der Waals surface area contributed by atoms with Crippen LogP contribution in [0.1, 0.15) is 28.8 Å². The summed E-state index contributed by atoms with van der Waals surface area (Å²) in [5.74, 6) is 1.17. The van der Waals surface area contributed by atoms with E-state index in [1.807, 2.05) is 24.3 Å². The third-order valence-corrected chi connectivity index (χ3v) is 5.67. The minimum Gasteiger partial charge on any atom is -0.497 e. The lowest BCUT2D eigenvalue weighted by molar-refractivity contribution is -0.0245. The van der Waals surface area contributed by atoms with Gasteiger partial charge in [0.1, 0.15) is 11.5 Å². The van der Waals surface area contributed by atoms with Crippen LogP contribution in [0.2, 0.25) is 0 Å². The molecule has 1 aliphatic heterocycles. The third-order valence-electron chi connectivity index (χ3n) is 5.14. The quantitative estimate of drug-likeness (QED) is 0.704. The van der Waals surface area contributed by atoms with Crippen molar-refractivity contribution in [1.82, 2.24) is 4.90 Å². The van der Waals surface area contributed by atoms with Crippen LogP contribution in [0.25, 0.3) is 0 Å². The van der Waals surface area contributed by atoms with Crippen LogP contribution in [0, 0.1) is 0 Å². The number of nitrogens with zero attached hydrogens (tertiary/aromatic N) is 1. The number of benzene rings is 2. The molecular weight excluding hydrogens is 410 g/mol. The maximum Gasteiger partial charge on any atom is 0.180 e. The van der Waals surface area contributed by atoms with Gasteiger partial charge in [0.25, 0.3) is 0 Å². The number of halogens is 1. The molecule has 1 N–H and O–H groups in total. The van der Waals surface area contributed by atoms with Gasteiger partial charge in [-0.25, -0.2) is 0 Å². The summed E-state index contributed by atoms with van der Waals surface area (Å²) < 4.78 is 11.5. The highest BCUT2D eigenvalue weighted by molar-refractivity contribution is 9.10. The molecule has 2 aromatic carbocycles. The number of rotatable bonds is 6. The molecule has 0 aliphatic carbocycles. The van der Waals surface area contributed by atoms with Crippen molar-refractivity contribution in [2.45, 2.75) is 18.4 Å². The summed E-state index contributed by atoms with van der Waals surface area (Å²) in [5, 5.41) is 11.0. The van der Waals surface area contributed by atoms with Crippen molar-refractivity contribution < 1.29 is 19.4 Å². The molecule has 1 aliphatic rings. The molecule has 0 unspecified atom stereocenters. The number of ether oxygens (including phenoxy) is 2. The van der Waals surface area contributed by atoms with Crippen molar-refractivity contribution in [3.05, 3.63) is 58.1 Å². The summed E-state index contributed by atoms with van der Waals surface area (Å²) in [6.07, 6.45) is 1.20. The molecule has 0 saturated carbocycles. The Morgan fingerprint density at radius 3 is 2.37 bits per heavy atom. The zero-order valence-electron chi connectivity index (χ0n) is 15.6. The van der Waals surface area contributed by atoms with Crippen molar-refractivity contribution in [1.29, 1.82) is 0 Å². The second-order valence-electron chi connectivity index (χ2n) is 6.80. The molecule has 6 heteroatoms. The maximum atomic E-state index is 12.7. The van der Waals surface area contributed by atoms with Crippen LogP contribution in [0.15, 0.2) is 46.9 Å². The number of hydrogen-bond acceptors (Lipinski definition) is 5. The minimum atomic E-state index is -0.835. The predicted molar refractivity (Wildman–Crippen MR) is 108 cm³/mol. The summed E-state index contributed by atoms with van der Waals surface area (Å²) in [4.78, 5) is 14.8. The Morgan fingerprint density at radius 1 is 1.11 bits per heavy atom. The first kappa shape index (κ1) is 19.9. The molecule has 5 nitrogen and oxygen atoms in total. The van der Waals surface area contributed by atoms with Gasteiger partial charge in [-0.15, -0.1) is 0 Å². The van der Waals surface area contributed by atoms with E-state index in [1.165, 1.54) is 0 Å². The first-order valence-corrected chi connectivity index (χ1v) is 9.70. The monoisotopic (exact) mass is 433 g/mol. The highest BCUT2D eigenvalue weighted by atomic mass is 79.9. The zero-order chi connectivity index (χ0) is 19.4. The van der Waals surface area contributed by atoms with E-state index in [-0.39, 0.29) is 5.78 Å². The minimum absolute atomic E-state index is 0.00332.